The first kappa shape index (κ1) is 10.3. The van der Waals surface area contributed by atoms with Gasteiger partial charge in [0.15, 0.2) is 0 Å². The summed E-state index contributed by atoms with van der Waals surface area (Å²) in [5.74, 6) is 0. The summed E-state index contributed by atoms with van der Waals surface area (Å²) in [5, 5.41) is 15.4. The van der Waals surface area contributed by atoms with Gasteiger partial charge in [-0.3, -0.25) is 4.68 Å². The minimum Gasteiger partial charge on any atom is -0.314 e. The van der Waals surface area contributed by atoms with Crippen LogP contribution in [0.3, 0.4) is 0 Å². The summed E-state index contributed by atoms with van der Waals surface area (Å²) >= 11 is 1.73. The first-order valence-electron chi connectivity index (χ1n) is 4.93. The van der Waals surface area contributed by atoms with Crippen molar-refractivity contribution in [2.45, 2.75) is 19.5 Å². The van der Waals surface area contributed by atoms with Crippen LogP contribution in [-0.2, 0) is 19.5 Å². The molecule has 1 N–H and O–H groups in total. The Morgan fingerprint density at radius 3 is 3.20 bits per heavy atom. The molecule has 15 heavy (non-hydrogen) atoms. The van der Waals surface area contributed by atoms with Gasteiger partial charge in [-0.05, 0) is 35.9 Å². The van der Waals surface area contributed by atoms with Gasteiger partial charge in [-0.2, -0.15) is 11.3 Å². The molecule has 0 spiro atoms. The lowest BCUT2D eigenvalue weighted by Gasteiger charge is -1.97. The largest absolute Gasteiger partial charge is 0.314 e. The molecule has 0 bridgehead atoms. The normalized spacial score (nSPS) is 10.7. The summed E-state index contributed by atoms with van der Waals surface area (Å²) in [5.41, 5.74) is 2.36. The number of aromatic nitrogens is 3. The van der Waals surface area contributed by atoms with Gasteiger partial charge in [0, 0.05) is 19.3 Å². The molecule has 4 nitrogen and oxygen atoms in total. The van der Waals surface area contributed by atoms with Gasteiger partial charge >= 0.3 is 0 Å². The number of aryl methyl sites for hydroxylation is 2. The Hall–Kier alpha value is -1.20. The van der Waals surface area contributed by atoms with Crippen molar-refractivity contribution in [3.63, 3.8) is 0 Å². The van der Waals surface area contributed by atoms with Gasteiger partial charge in [-0.15, -0.1) is 5.10 Å². The molecule has 2 aromatic rings. The molecular formula is C10H14N4S. The van der Waals surface area contributed by atoms with E-state index in [9.17, 15) is 0 Å². The summed E-state index contributed by atoms with van der Waals surface area (Å²) in [7, 11) is 1.91. The molecule has 80 valence electrons. The van der Waals surface area contributed by atoms with E-state index in [-0.39, 0.29) is 0 Å². The molecule has 2 rings (SSSR count). The fraction of sp³-hybridized carbons (Fsp3) is 0.400. The van der Waals surface area contributed by atoms with E-state index in [2.05, 4.69) is 32.5 Å². The Balaban J connectivity index is 1.88. The van der Waals surface area contributed by atoms with Gasteiger partial charge in [-0.25, -0.2) is 0 Å². The molecule has 0 aliphatic carbocycles. The maximum atomic E-state index is 4.06. The van der Waals surface area contributed by atoms with E-state index in [0.717, 1.165) is 25.2 Å². The Labute approximate surface area is 92.9 Å². The van der Waals surface area contributed by atoms with Gasteiger partial charge in [0.1, 0.15) is 0 Å². The Morgan fingerprint density at radius 1 is 1.53 bits per heavy atom. The molecule has 0 saturated carbocycles. The summed E-state index contributed by atoms with van der Waals surface area (Å²) in [6, 6.07) is 2.15. The van der Waals surface area contributed by atoms with Crippen LogP contribution in [0.1, 0.15) is 11.3 Å². The van der Waals surface area contributed by atoms with Crippen molar-refractivity contribution in [3.05, 3.63) is 34.3 Å². The third kappa shape index (κ3) is 2.87. The van der Waals surface area contributed by atoms with Crippen LogP contribution in [0, 0.1) is 0 Å². The van der Waals surface area contributed by atoms with Gasteiger partial charge in [0.25, 0.3) is 0 Å². The monoisotopic (exact) mass is 222 g/mol. The molecule has 0 radical (unpaired) electrons. The third-order valence-corrected chi connectivity index (χ3v) is 2.89. The Bertz CT molecular complexity index is 393. The number of nitrogens with zero attached hydrogens (tertiary/aromatic N) is 3. The predicted molar refractivity (Wildman–Crippen MR) is 60.8 cm³/mol. The molecule has 2 heterocycles. The Kier molecular flexibility index (Phi) is 3.47. The van der Waals surface area contributed by atoms with Crippen LogP contribution >= 0.6 is 11.3 Å². The van der Waals surface area contributed by atoms with Crippen LogP contribution < -0.4 is 5.32 Å². The lowest BCUT2D eigenvalue weighted by atomic mass is 10.2. The highest BCUT2D eigenvalue weighted by molar-refractivity contribution is 7.07. The zero-order chi connectivity index (χ0) is 10.5. The van der Waals surface area contributed by atoms with E-state index < -0.39 is 0 Å². The molecular weight excluding hydrogens is 208 g/mol. The van der Waals surface area contributed by atoms with E-state index in [4.69, 9.17) is 0 Å². The second-order valence-corrected chi connectivity index (χ2v) is 4.16. The van der Waals surface area contributed by atoms with Crippen molar-refractivity contribution in [3.8, 4) is 0 Å². The van der Waals surface area contributed by atoms with Gasteiger partial charge in [0.2, 0.25) is 0 Å². The maximum absolute atomic E-state index is 4.06. The lowest BCUT2D eigenvalue weighted by Crippen LogP contribution is -2.05. The molecule has 0 aliphatic rings. The molecule has 5 heteroatoms. The van der Waals surface area contributed by atoms with E-state index in [0.29, 0.717) is 0 Å². The van der Waals surface area contributed by atoms with E-state index in [1.165, 1.54) is 5.56 Å². The molecule has 2 aromatic heterocycles. The fourth-order valence-corrected chi connectivity index (χ4v) is 2.09. The van der Waals surface area contributed by atoms with Crippen molar-refractivity contribution in [1.82, 2.24) is 20.3 Å². The quantitative estimate of drug-likeness (QED) is 0.829. The molecule has 0 unspecified atom stereocenters. The molecule has 0 amide bonds. The van der Waals surface area contributed by atoms with Crippen LogP contribution in [0.4, 0.5) is 0 Å². The number of nitrogens with one attached hydrogen (secondary N) is 1. The fourth-order valence-electron chi connectivity index (χ4n) is 1.39. The standard InChI is InChI=1S/C10H14N4S/c1-11-6-10-7-14(13-12-10)4-2-9-3-5-15-8-9/h3,5,7-8,11H,2,4,6H2,1H3. The second-order valence-electron chi connectivity index (χ2n) is 3.38. The highest BCUT2D eigenvalue weighted by Gasteiger charge is 1.99. The maximum Gasteiger partial charge on any atom is 0.0964 e. The Morgan fingerprint density at radius 2 is 2.47 bits per heavy atom. The number of thiophene rings is 1. The van der Waals surface area contributed by atoms with Crippen molar-refractivity contribution in [1.29, 1.82) is 0 Å². The van der Waals surface area contributed by atoms with Crippen LogP contribution in [0.25, 0.3) is 0 Å². The summed E-state index contributed by atoms with van der Waals surface area (Å²) in [6.45, 7) is 1.67. The number of rotatable bonds is 5. The van der Waals surface area contributed by atoms with Crippen molar-refractivity contribution < 1.29 is 0 Å². The predicted octanol–water partition coefficient (Wildman–Crippen LogP) is 1.30. The molecule has 0 aromatic carbocycles. The smallest absolute Gasteiger partial charge is 0.0964 e. The molecule has 0 fully saturated rings. The molecule has 0 aliphatic heterocycles. The SMILES string of the molecule is CNCc1cn(CCc2ccsc2)nn1. The lowest BCUT2D eigenvalue weighted by molar-refractivity contribution is 0.589. The topological polar surface area (TPSA) is 42.7 Å². The molecule has 0 saturated heterocycles. The van der Waals surface area contributed by atoms with Crippen LogP contribution in [0.2, 0.25) is 0 Å². The van der Waals surface area contributed by atoms with E-state index >= 15 is 0 Å². The van der Waals surface area contributed by atoms with Crippen LogP contribution in [0.15, 0.2) is 23.0 Å². The van der Waals surface area contributed by atoms with Gasteiger partial charge in [-0.1, -0.05) is 5.21 Å². The van der Waals surface area contributed by atoms with E-state index in [1.807, 2.05) is 17.9 Å². The minimum atomic E-state index is 0.776. The van der Waals surface area contributed by atoms with Crippen LogP contribution in [-0.4, -0.2) is 22.0 Å². The molecule has 0 atom stereocenters. The second kappa shape index (κ2) is 5.04. The number of hydrogen-bond donors (Lipinski definition) is 1. The highest BCUT2D eigenvalue weighted by Crippen LogP contribution is 2.07. The minimum absolute atomic E-state index is 0.776. The third-order valence-electron chi connectivity index (χ3n) is 2.15. The first-order valence-corrected chi connectivity index (χ1v) is 5.87. The van der Waals surface area contributed by atoms with Crippen LogP contribution in [0.5, 0.6) is 0 Å². The van der Waals surface area contributed by atoms with E-state index in [1.54, 1.807) is 11.3 Å². The zero-order valence-electron chi connectivity index (χ0n) is 8.68. The van der Waals surface area contributed by atoms with Crippen molar-refractivity contribution in [2.24, 2.45) is 0 Å². The van der Waals surface area contributed by atoms with Gasteiger partial charge < -0.3 is 5.32 Å². The van der Waals surface area contributed by atoms with Crippen molar-refractivity contribution in [2.75, 3.05) is 7.05 Å². The van der Waals surface area contributed by atoms with Crippen molar-refractivity contribution >= 4 is 11.3 Å². The average Bonchev–Trinajstić information content (AvgIpc) is 2.85. The zero-order valence-corrected chi connectivity index (χ0v) is 9.50. The highest BCUT2D eigenvalue weighted by atomic mass is 32.1. The summed E-state index contributed by atoms with van der Waals surface area (Å²) < 4.78 is 1.89. The summed E-state index contributed by atoms with van der Waals surface area (Å²) in [6.07, 6.45) is 3.01. The van der Waals surface area contributed by atoms with Gasteiger partial charge in [0.05, 0.1) is 5.69 Å². The average molecular weight is 222 g/mol. The number of hydrogen-bond acceptors (Lipinski definition) is 4. The summed E-state index contributed by atoms with van der Waals surface area (Å²) in [4.78, 5) is 0. The first-order chi connectivity index (χ1) is 7.38.